The maximum atomic E-state index is 12.3. The number of carbonyl (C=O) groups excluding carboxylic acids is 2. The molecule has 0 bridgehead atoms. The highest BCUT2D eigenvalue weighted by Crippen LogP contribution is 2.24. The van der Waals surface area contributed by atoms with Crippen molar-refractivity contribution in [2.45, 2.75) is 19.3 Å². The van der Waals surface area contributed by atoms with Crippen LogP contribution in [0.1, 0.15) is 17.8 Å². The van der Waals surface area contributed by atoms with E-state index in [9.17, 15) is 9.59 Å². The number of hydrogen-bond donors (Lipinski definition) is 1. The summed E-state index contributed by atoms with van der Waals surface area (Å²) in [4.78, 5) is 32.7. The van der Waals surface area contributed by atoms with E-state index in [1.807, 2.05) is 24.3 Å². The number of halogens is 1. The van der Waals surface area contributed by atoms with Gasteiger partial charge in [0.15, 0.2) is 6.61 Å². The number of benzene rings is 2. The Labute approximate surface area is 186 Å². The standard InChI is InChI=1S/C21H18ClN5O3S/c22-14-8-9-17(27-13-23-12-24-27)16(10-14)25-19(28)11-30-21(29)7-3-6-20-26-15-4-1-2-5-18(15)31-20/h1-2,4-5,8-10,12-13H,3,6-7,11H2,(H,25,28). The smallest absolute Gasteiger partial charge is 0.306 e. The van der Waals surface area contributed by atoms with Crippen LogP contribution in [-0.2, 0) is 20.7 Å². The van der Waals surface area contributed by atoms with Gasteiger partial charge in [0.05, 0.1) is 26.6 Å². The molecule has 2 aromatic heterocycles. The number of rotatable bonds is 8. The molecular formula is C21H18ClN5O3S. The zero-order valence-corrected chi connectivity index (χ0v) is 17.9. The van der Waals surface area contributed by atoms with Crippen LogP contribution in [0.2, 0.25) is 5.02 Å². The molecule has 2 aromatic carbocycles. The second-order valence-corrected chi connectivity index (χ2v) is 8.19. The van der Waals surface area contributed by atoms with E-state index in [1.165, 1.54) is 17.3 Å². The molecule has 1 amide bonds. The molecule has 31 heavy (non-hydrogen) atoms. The van der Waals surface area contributed by atoms with Gasteiger partial charge >= 0.3 is 5.97 Å². The first kappa shape index (κ1) is 21.0. The highest BCUT2D eigenvalue weighted by atomic mass is 35.5. The number of nitrogens with one attached hydrogen (secondary N) is 1. The maximum absolute atomic E-state index is 12.3. The third-order valence-corrected chi connectivity index (χ3v) is 5.70. The molecule has 1 N–H and O–H groups in total. The van der Waals surface area contributed by atoms with E-state index in [2.05, 4.69) is 20.4 Å². The van der Waals surface area contributed by atoms with Crippen LogP contribution in [0.15, 0.2) is 55.1 Å². The molecule has 0 unspecified atom stereocenters. The van der Waals surface area contributed by atoms with Crippen LogP contribution in [0.5, 0.6) is 0 Å². The van der Waals surface area contributed by atoms with Crippen molar-refractivity contribution in [1.82, 2.24) is 19.7 Å². The quantitative estimate of drug-likeness (QED) is 0.402. The first-order chi connectivity index (χ1) is 15.1. The molecule has 0 aliphatic rings. The summed E-state index contributed by atoms with van der Waals surface area (Å²) in [5.41, 5.74) is 2.00. The highest BCUT2D eigenvalue weighted by molar-refractivity contribution is 7.18. The Hall–Kier alpha value is -3.30. The summed E-state index contributed by atoms with van der Waals surface area (Å²) in [5, 5.41) is 8.18. The van der Waals surface area contributed by atoms with Crippen LogP contribution < -0.4 is 5.32 Å². The van der Waals surface area contributed by atoms with Gasteiger partial charge in [-0.2, -0.15) is 5.10 Å². The third-order valence-electron chi connectivity index (χ3n) is 4.37. The number of thiazole rings is 1. The van der Waals surface area contributed by atoms with Gasteiger partial charge in [-0.05, 0) is 43.2 Å². The van der Waals surface area contributed by atoms with Crippen LogP contribution in [0.25, 0.3) is 15.9 Å². The minimum atomic E-state index is -0.469. The van der Waals surface area contributed by atoms with Gasteiger partial charge in [-0.3, -0.25) is 9.59 Å². The van der Waals surface area contributed by atoms with Gasteiger partial charge in [0, 0.05) is 11.4 Å². The molecule has 4 rings (SSSR count). The Bertz CT molecular complexity index is 1180. The van der Waals surface area contributed by atoms with E-state index in [1.54, 1.807) is 29.5 Å². The van der Waals surface area contributed by atoms with Gasteiger partial charge in [-0.1, -0.05) is 23.7 Å². The van der Waals surface area contributed by atoms with E-state index < -0.39 is 11.9 Å². The molecule has 0 saturated carbocycles. The Morgan fingerprint density at radius 3 is 2.87 bits per heavy atom. The second-order valence-electron chi connectivity index (χ2n) is 6.64. The molecule has 0 aliphatic carbocycles. The fourth-order valence-electron chi connectivity index (χ4n) is 2.96. The number of carbonyl (C=O) groups is 2. The summed E-state index contributed by atoms with van der Waals surface area (Å²) in [6, 6.07) is 12.9. The monoisotopic (exact) mass is 455 g/mol. The van der Waals surface area contributed by atoms with E-state index in [0.717, 1.165) is 15.2 Å². The van der Waals surface area contributed by atoms with Crippen LogP contribution in [0.4, 0.5) is 5.69 Å². The molecule has 0 aliphatic heterocycles. The number of aryl methyl sites for hydroxylation is 1. The lowest BCUT2D eigenvalue weighted by Crippen LogP contribution is -2.21. The number of para-hydroxylation sites is 1. The van der Waals surface area contributed by atoms with Gasteiger partial charge < -0.3 is 10.1 Å². The zero-order chi connectivity index (χ0) is 21.6. The maximum Gasteiger partial charge on any atom is 0.306 e. The van der Waals surface area contributed by atoms with Crippen LogP contribution in [0.3, 0.4) is 0 Å². The van der Waals surface area contributed by atoms with Gasteiger partial charge in [0.1, 0.15) is 12.7 Å². The summed E-state index contributed by atoms with van der Waals surface area (Å²) >= 11 is 7.66. The molecule has 8 nitrogen and oxygen atoms in total. The Morgan fingerprint density at radius 2 is 2.06 bits per heavy atom. The first-order valence-electron chi connectivity index (χ1n) is 9.53. The van der Waals surface area contributed by atoms with Crippen molar-refractivity contribution in [2.24, 2.45) is 0 Å². The zero-order valence-electron chi connectivity index (χ0n) is 16.3. The Kier molecular flexibility index (Phi) is 6.54. The summed E-state index contributed by atoms with van der Waals surface area (Å²) in [6.07, 6.45) is 4.39. The summed E-state index contributed by atoms with van der Waals surface area (Å²) < 4.78 is 7.73. The summed E-state index contributed by atoms with van der Waals surface area (Å²) in [6.45, 7) is -0.386. The lowest BCUT2D eigenvalue weighted by molar-refractivity contribution is -0.147. The van der Waals surface area contributed by atoms with Crippen LogP contribution in [-0.4, -0.2) is 38.2 Å². The largest absolute Gasteiger partial charge is 0.456 e. The predicted molar refractivity (Wildman–Crippen MR) is 119 cm³/mol. The molecule has 158 valence electrons. The molecule has 0 fully saturated rings. The predicted octanol–water partition coefficient (Wildman–Crippen LogP) is 4.04. The van der Waals surface area contributed by atoms with Crippen molar-refractivity contribution in [3.8, 4) is 5.69 Å². The lowest BCUT2D eigenvalue weighted by atomic mass is 10.2. The fourth-order valence-corrected chi connectivity index (χ4v) is 4.14. The topological polar surface area (TPSA) is 99.0 Å². The van der Waals surface area contributed by atoms with Crippen molar-refractivity contribution >= 4 is 50.7 Å². The van der Waals surface area contributed by atoms with E-state index in [4.69, 9.17) is 16.3 Å². The lowest BCUT2D eigenvalue weighted by Gasteiger charge is -2.11. The SMILES string of the molecule is O=C(COC(=O)CCCc1nc2ccccc2s1)Nc1cc(Cl)ccc1-n1cncn1. The van der Waals surface area contributed by atoms with Crippen molar-refractivity contribution in [2.75, 3.05) is 11.9 Å². The number of amides is 1. The van der Waals surface area contributed by atoms with Gasteiger partial charge in [-0.15, -0.1) is 11.3 Å². The minimum Gasteiger partial charge on any atom is -0.456 e. The average molecular weight is 456 g/mol. The van der Waals surface area contributed by atoms with Crippen molar-refractivity contribution in [3.05, 3.63) is 65.1 Å². The third kappa shape index (κ3) is 5.44. The molecule has 0 saturated heterocycles. The van der Waals surface area contributed by atoms with Crippen LogP contribution in [0, 0.1) is 0 Å². The Balaban J connectivity index is 1.25. The van der Waals surface area contributed by atoms with Crippen molar-refractivity contribution < 1.29 is 14.3 Å². The molecule has 4 aromatic rings. The Morgan fingerprint density at radius 1 is 1.19 bits per heavy atom. The number of fused-ring (bicyclic) bond motifs is 1. The van der Waals surface area contributed by atoms with Crippen molar-refractivity contribution in [3.63, 3.8) is 0 Å². The highest BCUT2D eigenvalue weighted by Gasteiger charge is 2.13. The minimum absolute atomic E-state index is 0.213. The number of anilines is 1. The van der Waals surface area contributed by atoms with E-state index >= 15 is 0 Å². The van der Waals surface area contributed by atoms with Crippen molar-refractivity contribution in [1.29, 1.82) is 0 Å². The number of nitrogens with zero attached hydrogens (tertiary/aromatic N) is 4. The molecule has 0 atom stereocenters. The summed E-state index contributed by atoms with van der Waals surface area (Å²) in [7, 11) is 0. The fraction of sp³-hybridized carbons (Fsp3) is 0.190. The van der Waals surface area contributed by atoms with Gasteiger partial charge in [0.2, 0.25) is 0 Å². The first-order valence-corrected chi connectivity index (χ1v) is 10.7. The average Bonchev–Trinajstić information content (AvgIpc) is 3.42. The van der Waals surface area contributed by atoms with Crippen LogP contribution >= 0.6 is 22.9 Å². The van der Waals surface area contributed by atoms with E-state index in [-0.39, 0.29) is 13.0 Å². The molecule has 10 heteroatoms. The number of hydrogen-bond acceptors (Lipinski definition) is 7. The number of aromatic nitrogens is 4. The molecule has 0 radical (unpaired) electrons. The summed E-state index contributed by atoms with van der Waals surface area (Å²) in [5.74, 6) is -0.901. The molecule has 0 spiro atoms. The second kappa shape index (κ2) is 9.67. The van der Waals surface area contributed by atoms with E-state index in [0.29, 0.717) is 29.2 Å². The van der Waals surface area contributed by atoms with Gasteiger partial charge in [-0.25, -0.2) is 14.6 Å². The number of esters is 1. The molecular weight excluding hydrogens is 438 g/mol. The number of ether oxygens (including phenoxy) is 1. The van der Waals surface area contributed by atoms with Gasteiger partial charge in [0.25, 0.3) is 5.91 Å². The molecule has 2 heterocycles. The normalized spacial score (nSPS) is 10.9.